The number of aromatic amines is 1. The van der Waals surface area contributed by atoms with Gasteiger partial charge >= 0.3 is 0 Å². The Kier molecular flexibility index (Phi) is 2.38. The van der Waals surface area contributed by atoms with Gasteiger partial charge in [0.25, 0.3) is 0 Å². The zero-order valence-corrected chi connectivity index (χ0v) is 9.18. The molecule has 0 saturated carbocycles. The van der Waals surface area contributed by atoms with E-state index < -0.39 is 0 Å². The van der Waals surface area contributed by atoms with Crippen LogP contribution in [0, 0.1) is 0 Å². The number of aromatic nitrogens is 3. The average molecular weight is 228 g/mol. The highest BCUT2D eigenvalue weighted by atomic mass is 16.3. The van der Waals surface area contributed by atoms with Crippen molar-refractivity contribution in [2.45, 2.75) is 6.42 Å². The topological polar surface area (TPSA) is 80.7 Å². The molecule has 0 aliphatic rings. The Morgan fingerprint density at radius 3 is 3.18 bits per heavy atom. The summed E-state index contributed by atoms with van der Waals surface area (Å²) in [7, 11) is 0. The minimum Gasteiger partial charge on any atom is -0.443 e. The maximum atomic E-state index is 5.56. The van der Waals surface area contributed by atoms with Crippen molar-refractivity contribution in [2.24, 2.45) is 5.73 Å². The van der Waals surface area contributed by atoms with Gasteiger partial charge in [-0.2, -0.15) is 5.10 Å². The third-order valence-corrected chi connectivity index (χ3v) is 2.75. The summed E-state index contributed by atoms with van der Waals surface area (Å²) in [5.74, 6) is 0. The molecule has 5 nitrogen and oxygen atoms in total. The molecule has 0 bridgehead atoms. The van der Waals surface area contributed by atoms with Gasteiger partial charge in [-0.1, -0.05) is 6.07 Å². The van der Waals surface area contributed by atoms with Crippen LogP contribution < -0.4 is 5.73 Å². The minimum atomic E-state index is 0.597. The molecule has 1 aromatic carbocycles. The first-order valence-electron chi connectivity index (χ1n) is 5.44. The highest BCUT2D eigenvalue weighted by Gasteiger charge is 2.08. The van der Waals surface area contributed by atoms with Gasteiger partial charge in [0.05, 0.1) is 6.20 Å². The van der Waals surface area contributed by atoms with E-state index in [1.54, 1.807) is 0 Å². The lowest BCUT2D eigenvalue weighted by atomic mass is 10.0. The van der Waals surface area contributed by atoms with Crippen LogP contribution in [-0.2, 0) is 6.42 Å². The molecule has 0 fully saturated rings. The number of hydrogen-bond acceptors (Lipinski definition) is 4. The second-order valence-electron chi connectivity index (χ2n) is 3.84. The number of fused-ring (bicyclic) bond motifs is 1. The molecule has 86 valence electrons. The van der Waals surface area contributed by atoms with Gasteiger partial charge in [0.2, 0.25) is 0 Å². The van der Waals surface area contributed by atoms with Gasteiger partial charge < -0.3 is 10.2 Å². The van der Waals surface area contributed by atoms with Crippen LogP contribution in [0.1, 0.15) is 5.69 Å². The number of nitrogens with one attached hydrogen (secondary N) is 1. The van der Waals surface area contributed by atoms with Crippen molar-refractivity contribution < 1.29 is 4.42 Å². The van der Waals surface area contributed by atoms with Crippen molar-refractivity contribution in [3.8, 4) is 11.1 Å². The molecule has 3 aromatic rings. The fourth-order valence-corrected chi connectivity index (χ4v) is 1.92. The number of H-pyrrole nitrogens is 1. The first kappa shape index (κ1) is 10.0. The lowest BCUT2D eigenvalue weighted by molar-refractivity contribution is 0.602. The molecule has 0 unspecified atom stereocenters. The zero-order chi connectivity index (χ0) is 11.7. The van der Waals surface area contributed by atoms with E-state index in [0.717, 1.165) is 34.3 Å². The summed E-state index contributed by atoms with van der Waals surface area (Å²) in [6, 6.07) is 5.91. The van der Waals surface area contributed by atoms with Crippen molar-refractivity contribution in [3.05, 3.63) is 36.5 Å². The molecule has 3 N–H and O–H groups in total. The van der Waals surface area contributed by atoms with Crippen LogP contribution in [0.3, 0.4) is 0 Å². The largest absolute Gasteiger partial charge is 0.443 e. The SMILES string of the molecule is NCCc1[nH]ncc1-c1ccc2ncoc2c1. The van der Waals surface area contributed by atoms with E-state index in [9.17, 15) is 0 Å². The maximum absolute atomic E-state index is 5.56. The van der Waals surface area contributed by atoms with Gasteiger partial charge in [0.1, 0.15) is 5.52 Å². The lowest BCUT2D eigenvalue weighted by Crippen LogP contribution is -2.03. The molecular weight excluding hydrogens is 216 g/mol. The minimum absolute atomic E-state index is 0.597. The summed E-state index contributed by atoms with van der Waals surface area (Å²) < 4.78 is 5.29. The van der Waals surface area contributed by atoms with E-state index in [2.05, 4.69) is 15.2 Å². The number of oxazole rings is 1. The first-order valence-corrected chi connectivity index (χ1v) is 5.44. The van der Waals surface area contributed by atoms with E-state index >= 15 is 0 Å². The monoisotopic (exact) mass is 228 g/mol. The van der Waals surface area contributed by atoms with Gasteiger partial charge in [-0.05, 0) is 24.2 Å². The van der Waals surface area contributed by atoms with Crippen molar-refractivity contribution in [1.29, 1.82) is 0 Å². The molecule has 3 rings (SSSR count). The van der Waals surface area contributed by atoms with E-state index in [0.29, 0.717) is 6.54 Å². The Hall–Kier alpha value is -2.14. The van der Waals surface area contributed by atoms with Gasteiger partial charge in [-0.3, -0.25) is 5.10 Å². The zero-order valence-electron chi connectivity index (χ0n) is 9.18. The first-order chi connectivity index (χ1) is 8.38. The van der Waals surface area contributed by atoms with Crippen LogP contribution in [-0.4, -0.2) is 21.7 Å². The smallest absolute Gasteiger partial charge is 0.181 e. The van der Waals surface area contributed by atoms with Crippen LogP contribution in [0.25, 0.3) is 22.2 Å². The number of nitrogens with zero attached hydrogens (tertiary/aromatic N) is 2. The predicted octanol–water partition coefficient (Wildman–Crippen LogP) is 1.72. The molecule has 0 amide bonds. The van der Waals surface area contributed by atoms with Crippen molar-refractivity contribution >= 4 is 11.1 Å². The lowest BCUT2D eigenvalue weighted by Gasteiger charge is -2.01. The highest BCUT2D eigenvalue weighted by Crippen LogP contribution is 2.25. The third-order valence-electron chi connectivity index (χ3n) is 2.75. The quantitative estimate of drug-likeness (QED) is 0.715. The Bertz CT molecular complexity index is 641. The summed E-state index contributed by atoms with van der Waals surface area (Å²) in [5.41, 5.74) is 10.4. The molecule has 5 heteroatoms. The highest BCUT2D eigenvalue weighted by molar-refractivity contribution is 5.80. The molecule has 0 aliphatic heterocycles. The van der Waals surface area contributed by atoms with Gasteiger partial charge in [0.15, 0.2) is 12.0 Å². The summed E-state index contributed by atoms with van der Waals surface area (Å²) in [5, 5.41) is 7.03. The average Bonchev–Trinajstić information content (AvgIpc) is 2.96. The Labute approximate surface area is 97.7 Å². The fourth-order valence-electron chi connectivity index (χ4n) is 1.92. The standard InChI is InChI=1S/C12H12N4O/c13-4-3-10-9(6-15-16-10)8-1-2-11-12(5-8)17-7-14-11/h1-2,5-7H,3-4,13H2,(H,15,16). The van der Waals surface area contributed by atoms with Crippen LogP contribution in [0.4, 0.5) is 0 Å². The maximum Gasteiger partial charge on any atom is 0.181 e. The second-order valence-corrected chi connectivity index (χ2v) is 3.84. The number of benzene rings is 1. The fraction of sp³-hybridized carbons (Fsp3) is 0.167. The van der Waals surface area contributed by atoms with Crippen molar-refractivity contribution in [3.63, 3.8) is 0 Å². The second kappa shape index (κ2) is 4.03. The third kappa shape index (κ3) is 1.70. The van der Waals surface area contributed by atoms with Crippen molar-refractivity contribution in [2.75, 3.05) is 6.54 Å². The molecule has 0 spiro atoms. The predicted molar refractivity (Wildman–Crippen MR) is 64.3 cm³/mol. The van der Waals surface area contributed by atoms with Crippen molar-refractivity contribution in [1.82, 2.24) is 15.2 Å². The van der Waals surface area contributed by atoms with Crippen LogP contribution in [0.2, 0.25) is 0 Å². The Morgan fingerprint density at radius 1 is 1.35 bits per heavy atom. The molecule has 0 atom stereocenters. The summed E-state index contributed by atoms with van der Waals surface area (Å²) >= 11 is 0. The molecule has 2 aromatic heterocycles. The van der Waals surface area contributed by atoms with E-state index in [-0.39, 0.29) is 0 Å². The normalized spacial score (nSPS) is 11.1. The van der Waals surface area contributed by atoms with Gasteiger partial charge in [-0.15, -0.1) is 0 Å². The van der Waals surface area contributed by atoms with Crippen LogP contribution in [0.15, 0.2) is 35.2 Å². The van der Waals surface area contributed by atoms with E-state index in [1.807, 2.05) is 24.4 Å². The number of hydrogen-bond donors (Lipinski definition) is 2. The Balaban J connectivity index is 2.09. The van der Waals surface area contributed by atoms with E-state index in [1.165, 1.54) is 6.39 Å². The summed E-state index contributed by atoms with van der Waals surface area (Å²) in [4.78, 5) is 4.09. The van der Waals surface area contributed by atoms with Crippen LogP contribution in [0.5, 0.6) is 0 Å². The Morgan fingerprint density at radius 2 is 2.29 bits per heavy atom. The molecule has 17 heavy (non-hydrogen) atoms. The molecule has 2 heterocycles. The van der Waals surface area contributed by atoms with Gasteiger partial charge in [0, 0.05) is 17.7 Å². The van der Waals surface area contributed by atoms with E-state index in [4.69, 9.17) is 10.2 Å². The summed E-state index contributed by atoms with van der Waals surface area (Å²) in [6.45, 7) is 0.597. The molecular formula is C12H12N4O. The number of nitrogens with two attached hydrogens (primary N) is 1. The molecule has 0 aliphatic carbocycles. The number of rotatable bonds is 3. The molecule has 0 saturated heterocycles. The van der Waals surface area contributed by atoms with Gasteiger partial charge in [-0.25, -0.2) is 4.98 Å². The van der Waals surface area contributed by atoms with Crippen LogP contribution >= 0.6 is 0 Å². The molecule has 0 radical (unpaired) electrons. The summed E-state index contributed by atoms with van der Waals surface area (Å²) in [6.07, 6.45) is 4.04.